The second-order valence-corrected chi connectivity index (χ2v) is 8.02. The number of hydrogen-bond donors (Lipinski definition) is 2. The van der Waals surface area contributed by atoms with Crippen molar-refractivity contribution in [1.29, 1.82) is 0 Å². The van der Waals surface area contributed by atoms with Crippen LogP contribution >= 0.6 is 0 Å². The summed E-state index contributed by atoms with van der Waals surface area (Å²) in [7, 11) is 0. The van der Waals surface area contributed by atoms with Crippen molar-refractivity contribution in [1.82, 2.24) is 19.9 Å². The minimum Gasteiger partial charge on any atom is -0.342 e. The first-order chi connectivity index (χ1) is 12.9. The van der Waals surface area contributed by atoms with Crippen molar-refractivity contribution in [3.8, 4) is 0 Å². The molecule has 4 aromatic rings. The van der Waals surface area contributed by atoms with Gasteiger partial charge in [0.1, 0.15) is 11.6 Å². The van der Waals surface area contributed by atoms with Gasteiger partial charge in [-0.05, 0) is 74.4 Å². The van der Waals surface area contributed by atoms with E-state index < -0.39 is 0 Å². The van der Waals surface area contributed by atoms with Gasteiger partial charge in [0.05, 0.1) is 22.1 Å². The highest BCUT2D eigenvalue weighted by Gasteiger charge is 2.12. The van der Waals surface area contributed by atoms with Gasteiger partial charge in [-0.25, -0.2) is 9.97 Å². The molecule has 2 N–H and O–H groups in total. The Morgan fingerprint density at radius 1 is 0.778 bits per heavy atom. The molecule has 0 saturated carbocycles. The van der Waals surface area contributed by atoms with Crippen molar-refractivity contribution >= 4 is 22.1 Å². The number of aromatic nitrogens is 4. The maximum Gasteiger partial charge on any atom is 0.107 e. The molecule has 0 saturated heterocycles. The minimum absolute atomic E-state index is 0.544. The average molecular weight is 361 g/mol. The summed E-state index contributed by atoms with van der Waals surface area (Å²) in [6.07, 6.45) is 3.02. The second kappa shape index (κ2) is 6.84. The largest absolute Gasteiger partial charge is 0.342 e. The van der Waals surface area contributed by atoms with Gasteiger partial charge in [0.15, 0.2) is 0 Å². The number of benzene rings is 2. The Kier molecular flexibility index (Phi) is 4.50. The molecular weight excluding hydrogens is 332 g/mol. The number of nitrogens with one attached hydrogen (secondary N) is 2. The topological polar surface area (TPSA) is 57.4 Å². The molecule has 0 aliphatic rings. The summed E-state index contributed by atoms with van der Waals surface area (Å²) in [6, 6.07) is 8.59. The van der Waals surface area contributed by atoms with Crippen LogP contribution in [0.25, 0.3) is 22.1 Å². The Morgan fingerprint density at radius 3 is 1.89 bits per heavy atom. The molecule has 1 unspecified atom stereocenters. The third-order valence-corrected chi connectivity index (χ3v) is 5.87. The number of fused-ring (bicyclic) bond motifs is 2. The zero-order valence-corrected chi connectivity index (χ0v) is 16.9. The summed E-state index contributed by atoms with van der Waals surface area (Å²) in [5, 5.41) is 0. The van der Waals surface area contributed by atoms with E-state index in [1.807, 2.05) is 0 Å². The molecular formula is C23H28N4. The quantitative estimate of drug-likeness (QED) is 0.495. The van der Waals surface area contributed by atoms with Gasteiger partial charge in [-0.3, -0.25) is 0 Å². The average Bonchev–Trinajstić information content (AvgIpc) is 3.24. The van der Waals surface area contributed by atoms with E-state index in [1.165, 1.54) is 22.3 Å². The van der Waals surface area contributed by atoms with E-state index in [-0.39, 0.29) is 0 Å². The Hall–Kier alpha value is -2.62. The highest BCUT2D eigenvalue weighted by atomic mass is 14.9. The normalized spacial score (nSPS) is 12.9. The van der Waals surface area contributed by atoms with Crippen LogP contribution in [0.2, 0.25) is 0 Å². The van der Waals surface area contributed by atoms with Crippen molar-refractivity contribution in [2.45, 2.75) is 53.9 Å². The van der Waals surface area contributed by atoms with Crippen LogP contribution in [0.1, 0.15) is 47.2 Å². The first-order valence-electron chi connectivity index (χ1n) is 9.82. The van der Waals surface area contributed by atoms with Crippen LogP contribution in [0.5, 0.6) is 0 Å². The van der Waals surface area contributed by atoms with Crippen LogP contribution in [-0.4, -0.2) is 19.9 Å². The molecule has 4 rings (SSSR count). The molecule has 4 heteroatoms. The number of hydrogen-bond acceptors (Lipinski definition) is 2. The van der Waals surface area contributed by atoms with Gasteiger partial charge in [-0.1, -0.05) is 19.1 Å². The van der Waals surface area contributed by atoms with Crippen LogP contribution in [0, 0.1) is 33.6 Å². The predicted molar refractivity (Wildman–Crippen MR) is 112 cm³/mol. The molecule has 2 aromatic heterocycles. The molecule has 0 spiro atoms. The van der Waals surface area contributed by atoms with Crippen LogP contribution in [-0.2, 0) is 12.8 Å². The Labute approximate surface area is 160 Å². The van der Waals surface area contributed by atoms with Crippen molar-refractivity contribution in [2.24, 2.45) is 5.92 Å². The van der Waals surface area contributed by atoms with Crippen molar-refractivity contribution < 1.29 is 0 Å². The van der Waals surface area contributed by atoms with Gasteiger partial charge in [-0.2, -0.15) is 0 Å². The lowest BCUT2D eigenvalue weighted by Crippen LogP contribution is -2.04. The smallest absolute Gasteiger partial charge is 0.107 e. The molecule has 0 bridgehead atoms. The fourth-order valence-electron chi connectivity index (χ4n) is 3.76. The third kappa shape index (κ3) is 3.36. The number of aryl methyl sites for hydroxylation is 5. The summed E-state index contributed by atoms with van der Waals surface area (Å²) in [6.45, 7) is 10.9. The molecule has 2 heterocycles. The Bertz CT molecular complexity index is 1120. The summed E-state index contributed by atoms with van der Waals surface area (Å²) >= 11 is 0. The van der Waals surface area contributed by atoms with Crippen LogP contribution in [0.3, 0.4) is 0 Å². The summed E-state index contributed by atoms with van der Waals surface area (Å²) in [5.41, 5.74) is 9.65. The first-order valence-corrected chi connectivity index (χ1v) is 9.82. The van der Waals surface area contributed by atoms with E-state index in [0.717, 1.165) is 53.0 Å². The third-order valence-electron chi connectivity index (χ3n) is 5.87. The highest BCUT2D eigenvalue weighted by molar-refractivity contribution is 5.80. The monoisotopic (exact) mass is 360 g/mol. The molecule has 0 aliphatic carbocycles. The van der Waals surface area contributed by atoms with E-state index in [0.29, 0.717) is 5.92 Å². The number of H-pyrrole nitrogens is 2. The van der Waals surface area contributed by atoms with Crippen LogP contribution in [0.4, 0.5) is 0 Å². The number of aromatic amines is 2. The van der Waals surface area contributed by atoms with Crippen molar-refractivity contribution in [2.75, 3.05) is 0 Å². The van der Waals surface area contributed by atoms with Gasteiger partial charge >= 0.3 is 0 Å². The van der Waals surface area contributed by atoms with Gasteiger partial charge in [0.25, 0.3) is 0 Å². The maximum atomic E-state index is 4.85. The molecule has 140 valence electrons. The first kappa shape index (κ1) is 17.8. The zero-order chi connectivity index (χ0) is 19.1. The number of nitrogens with zero attached hydrogens (tertiary/aromatic N) is 2. The zero-order valence-electron chi connectivity index (χ0n) is 16.9. The maximum absolute atomic E-state index is 4.85. The van der Waals surface area contributed by atoms with Crippen LogP contribution < -0.4 is 0 Å². The lowest BCUT2D eigenvalue weighted by molar-refractivity contribution is 0.514. The number of rotatable bonds is 5. The molecule has 1 atom stereocenters. The summed E-state index contributed by atoms with van der Waals surface area (Å²) in [4.78, 5) is 16.7. The van der Waals surface area contributed by atoms with Crippen molar-refractivity contribution in [3.05, 3.63) is 58.2 Å². The molecule has 2 aromatic carbocycles. The van der Waals surface area contributed by atoms with E-state index in [4.69, 9.17) is 9.97 Å². The lowest BCUT2D eigenvalue weighted by atomic mass is 10.0. The van der Waals surface area contributed by atoms with Gasteiger partial charge in [-0.15, -0.1) is 0 Å². The molecule has 27 heavy (non-hydrogen) atoms. The second-order valence-electron chi connectivity index (χ2n) is 8.02. The fourth-order valence-corrected chi connectivity index (χ4v) is 3.76. The predicted octanol–water partition coefficient (Wildman–Crippen LogP) is 5.48. The van der Waals surface area contributed by atoms with E-state index in [9.17, 15) is 0 Å². The molecule has 0 radical (unpaired) electrons. The van der Waals surface area contributed by atoms with Crippen molar-refractivity contribution in [3.63, 3.8) is 0 Å². The summed E-state index contributed by atoms with van der Waals surface area (Å²) in [5.74, 6) is 2.71. The van der Waals surface area contributed by atoms with E-state index in [2.05, 4.69) is 68.9 Å². The Balaban J connectivity index is 1.45. The fraction of sp³-hybridized carbons (Fsp3) is 0.391. The molecule has 4 nitrogen and oxygen atoms in total. The van der Waals surface area contributed by atoms with Gasteiger partial charge < -0.3 is 9.97 Å². The van der Waals surface area contributed by atoms with Gasteiger partial charge in [0.2, 0.25) is 0 Å². The van der Waals surface area contributed by atoms with Gasteiger partial charge in [0, 0.05) is 12.8 Å². The SMILES string of the molecule is Cc1ccc2[nH]c(CCC(C)Cc3nc4c(C)c(C)ccc4[nH]3)nc2c1C. The molecule has 0 amide bonds. The van der Waals surface area contributed by atoms with Crippen LogP contribution in [0.15, 0.2) is 24.3 Å². The standard InChI is InChI=1S/C23H28N4/c1-13(12-21-25-19-10-8-15(3)17(5)23(19)27-21)6-11-20-24-18-9-7-14(2)16(4)22(18)26-20/h7-10,13H,6,11-12H2,1-5H3,(H,24,26)(H,25,27). The minimum atomic E-state index is 0.544. The van der Waals surface area contributed by atoms with E-state index in [1.54, 1.807) is 0 Å². The summed E-state index contributed by atoms with van der Waals surface area (Å²) < 4.78 is 0. The molecule has 0 fully saturated rings. The molecule has 0 aliphatic heterocycles. The lowest BCUT2D eigenvalue weighted by Gasteiger charge is -2.08. The number of imidazole rings is 2. The highest BCUT2D eigenvalue weighted by Crippen LogP contribution is 2.23. The van der Waals surface area contributed by atoms with E-state index >= 15 is 0 Å². The Morgan fingerprint density at radius 2 is 1.30 bits per heavy atom.